The van der Waals surface area contributed by atoms with Gasteiger partial charge in [-0.1, -0.05) is 18.2 Å². The second-order valence-electron chi connectivity index (χ2n) is 5.57. The van der Waals surface area contributed by atoms with Gasteiger partial charge in [0.15, 0.2) is 0 Å². The Morgan fingerprint density at radius 3 is 2.95 bits per heavy atom. The third-order valence-corrected chi connectivity index (χ3v) is 4.00. The van der Waals surface area contributed by atoms with Gasteiger partial charge >= 0.3 is 0 Å². The number of hydrogen-bond acceptors (Lipinski definition) is 3. The highest BCUT2D eigenvalue weighted by Gasteiger charge is 2.14. The fraction of sp³-hybridized carbons (Fsp3) is 0.471. The minimum Gasteiger partial charge on any atom is -0.378 e. The fourth-order valence-corrected chi connectivity index (χ4v) is 2.90. The summed E-state index contributed by atoms with van der Waals surface area (Å²) in [4.78, 5) is 4.45. The first-order valence-electron chi connectivity index (χ1n) is 7.75. The topological polar surface area (TPSA) is 39.1 Å². The highest BCUT2D eigenvalue weighted by Crippen LogP contribution is 2.16. The number of hydrogen-bond donors (Lipinski definition) is 1. The van der Waals surface area contributed by atoms with Gasteiger partial charge in [0.05, 0.1) is 18.0 Å². The summed E-state index contributed by atoms with van der Waals surface area (Å²) in [5, 5.41) is 3.51. The molecule has 4 heteroatoms. The minimum atomic E-state index is 0.457. The molecule has 1 N–H and O–H groups in total. The number of nitrogens with zero attached hydrogens (tertiary/aromatic N) is 2. The molecule has 2 aromatic rings. The molecular formula is C17H23N3O. The molecule has 3 rings (SSSR count). The zero-order valence-electron chi connectivity index (χ0n) is 12.6. The van der Waals surface area contributed by atoms with Crippen LogP contribution in [0.4, 0.5) is 0 Å². The molecule has 0 amide bonds. The lowest BCUT2D eigenvalue weighted by molar-refractivity contribution is 0.104. The first-order chi connectivity index (χ1) is 10.3. The summed E-state index contributed by atoms with van der Waals surface area (Å²) in [7, 11) is 0. The van der Waals surface area contributed by atoms with E-state index in [0.717, 1.165) is 31.9 Å². The molecule has 1 aromatic carbocycles. The summed E-state index contributed by atoms with van der Waals surface area (Å²) in [6.45, 7) is 4.81. The van der Waals surface area contributed by atoms with Gasteiger partial charge in [-0.3, -0.25) is 4.57 Å². The zero-order chi connectivity index (χ0) is 14.5. The van der Waals surface area contributed by atoms with Crippen molar-refractivity contribution in [1.29, 1.82) is 0 Å². The molecule has 1 fully saturated rings. The van der Waals surface area contributed by atoms with Gasteiger partial charge in [0.1, 0.15) is 5.82 Å². The van der Waals surface area contributed by atoms with Crippen LogP contribution >= 0.6 is 0 Å². The van der Waals surface area contributed by atoms with Crippen LogP contribution in [-0.2, 0) is 11.3 Å². The molecule has 0 spiro atoms. The minimum absolute atomic E-state index is 0.457. The van der Waals surface area contributed by atoms with E-state index in [-0.39, 0.29) is 0 Å². The Morgan fingerprint density at radius 2 is 2.19 bits per heavy atom. The molecule has 4 nitrogen and oxygen atoms in total. The smallest absolute Gasteiger partial charge is 0.110 e. The summed E-state index contributed by atoms with van der Waals surface area (Å²) in [6, 6.07) is 10.4. The predicted molar refractivity (Wildman–Crippen MR) is 83.6 cm³/mol. The predicted octanol–water partition coefficient (Wildman–Crippen LogP) is 2.84. The normalized spacial score (nSPS) is 18.2. The maximum Gasteiger partial charge on any atom is 0.110 e. The Hall–Kier alpha value is -1.65. The summed E-state index contributed by atoms with van der Waals surface area (Å²) >= 11 is 0. The number of aryl methyl sites for hydroxylation is 1. The molecule has 1 aromatic heterocycles. The summed E-state index contributed by atoms with van der Waals surface area (Å²) in [5.41, 5.74) is 2.37. The molecule has 0 bridgehead atoms. The van der Waals surface area contributed by atoms with Crippen LogP contribution in [0.25, 0.3) is 5.69 Å². The molecule has 0 saturated carbocycles. The van der Waals surface area contributed by atoms with E-state index in [0.29, 0.717) is 6.10 Å². The lowest BCUT2D eigenvalue weighted by atomic mass is 10.2. The molecule has 1 saturated heterocycles. The molecule has 0 radical (unpaired) electrons. The van der Waals surface area contributed by atoms with Crippen molar-refractivity contribution in [2.45, 2.75) is 38.8 Å². The molecule has 2 heterocycles. The van der Waals surface area contributed by atoms with E-state index in [1.165, 1.54) is 24.2 Å². The summed E-state index contributed by atoms with van der Waals surface area (Å²) in [5.74, 6) is 1.03. The second kappa shape index (κ2) is 6.87. The monoisotopic (exact) mass is 285 g/mol. The lowest BCUT2D eigenvalue weighted by Crippen LogP contribution is -2.21. The number of ether oxygens (including phenoxy) is 1. The zero-order valence-corrected chi connectivity index (χ0v) is 12.6. The molecule has 21 heavy (non-hydrogen) atoms. The van der Waals surface area contributed by atoms with Gasteiger partial charge < -0.3 is 10.1 Å². The SMILES string of the molecule is Cc1ncc(CNCCC2CCCO2)n1-c1ccccc1. The van der Waals surface area contributed by atoms with E-state index in [2.05, 4.69) is 39.1 Å². The Balaban J connectivity index is 1.58. The van der Waals surface area contributed by atoms with Crippen molar-refractivity contribution in [2.24, 2.45) is 0 Å². The molecule has 112 valence electrons. The van der Waals surface area contributed by atoms with Crippen LogP contribution in [0.15, 0.2) is 36.5 Å². The fourth-order valence-electron chi connectivity index (χ4n) is 2.90. The van der Waals surface area contributed by atoms with Crippen molar-refractivity contribution in [2.75, 3.05) is 13.2 Å². The van der Waals surface area contributed by atoms with Crippen molar-refractivity contribution in [1.82, 2.24) is 14.9 Å². The Morgan fingerprint density at radius 1 is 1.33 bits per heavy atom. The summed E-state index contributed by atoms with van der Waals surface area (Å²) < 4.78 is 7.85. The molecule has 1 atom stereocenters. The Kier molecular flexibility index (Phi) is 4.68. The van der Waals surface area contributed by atoms with Crippen LogP contribution < -0.4 is 5.32 Å². The summed E-state index contributed by atoms with van der Waals surface area (Å²) in [6.07, 6.45) is 5.94. The van der Waals surface area contributed by atoms with Gasteiger partial charge in [0, 0.05) is 18.8 Å². The van der Waals surface area contributed by atoms with Crippen LogP contribution in [0.5, 0.6) is 0 Å². The third-order valence-electron chi connectivity index (χ3n) is 4.00. The second-order valence-corrected chi connectivity index (χ2v) is 5.57. The quantitative estimate of drug-likeness (QED) is 0.830. The number of imidazole rings is 1. The van der Waals surface area contributed by atoms with E-state index >= 15 is 0 Å². The van der Waals surface area contributed by atoms with E-state index in [1.807, 2.05) is 19.2 Å². The van der Waals surface area contributed by atoms with Gasteiger partial charge in [-0.25, -0.2) is 4.98 Å². The maximum atomic E-state index is 5.64. The first kappa shape index (κ1) is 14.3. The molecular weight excluding hydrogens is 262 g/mol. The van der Waals surface area contributed by atoms with E-state index < -0.39 is 0 Å². The van der Waals surface area contributed by atoms with Crippen LogP contribution in [0.2, 0.25) is 0 Å². The van der Waals surface area contributed by atoms with E-state index in [1.54, 1.807) is 0 Å². The van der Waals surface area contributed by atoms with Gasteiger partial charge in [0.2, 0.25) is 0 Å². The van der Waals surface area contributed by atoms with Crippen molar-refractivity contribution >= 4 is 0 Å². The van der Waals surface area contributed by atoms with Gasteiger partial charge in [-0.2, -0.15) is 0 Å². The molecule has 1 aliphatic heterocycles. The number of para-hydroxylation sites is 1. The number of aromatic nitrogens is 2. The van der Waals surface area contributed by atoms with Crippen LogP contribution in [0.3, 0.4) is 0 Å². The molecule has 0 aliphatic carbocycles. The van der Waals surface area contributed by atoms with Gasteiger partial charge in [-0.15, -0.1) is 0 Å². The van der Waals surface area contributed by atoms with Crippen LogP contribution in [0, 0.1) is 6.92 Å². The number of benzene rings is 1. The first-order valence-corrected chi connectivity index (χ1v) is 7.75. The van der Waals surface area contributed by atoms with Crippen LogP contribution in [-0.4, -0.2) is 28.8 Å². The van der Waals surface area contributed by atoms with Crippen molar-refractivity contribution in [3.05, 3.63) is 48.0 Å². The van der Waals surface area contributed by atoms with Crippen LogP contribution in [0.1, 0.15) is 30.8 Å². The molecule has 1 aliphatic rings. The van der Waals surface area contributed by atoms with E-state index in [9.17, 15) is 0 Å². The van der Waals surface area contributed by atoms with Crippen molar-refractivity contribution < 1.29 is 4.74 Å². The Bertz CT molecular complexity index is 559. The highest BCUT2D eigenvalue weighted by atomic mass is 16.5. The maximum absolute atomic E-state index is 5.64. The standard InChI is InChI=1S/C17H23N3O/c1-14-19-13-16(20(14)15-6-3-2-4-7-15)12-18-10-9-17-8-5-11-21-17/h2-4,6-7,13,17-18H,5,8-12H2,1H3. The number of rotatable bonds is 6. The molecule has 1 unspecified atom stereocenters. The Labute approximate surface area is 126 Å². The van der Waals surface area contributed by atoms with Crippen molar-refractivity contribution in [3.63, 3.8) is 0 Å². The largest absolute Gasteiger partial charge is 0.378 e. The van der Waals surface area contributed by atoms with Gasteiger partial charge in [-0.05, 0) is 44.9 Å². The average molecular weight is 285 g/mol. The van der Waals surface area contributed by atoms with E-state index in [4.69, 9.17) is 4.74 Å². The highest BCUT2D eigenvalue weighted by molar-refractivity contribution is 5.35. The van der Waals surface area contributed by atoms with Crippen molar-refractivity contribution in [3.8, 4) is 5.69 Å². The number of nitrogens with one attached hydrogen (secondary N) is 1. The third kappa shape index (κ3) is 3.52. The average Bonchev–Trinajstić information content (AvgIpc) is 3.14. The lowest BCUT2D eigenvalue weighted by Gasteiger charge is -2.12. The van der Waals surface area contributed by atoms with Gasteiger partial charge in [0.25, 0.3) is 0 Å².